The lowest BCUT2D eigenvalue weighted by Gasteiger charge is -2.41. The number of halogens is 1. The zero-order valence-corrected chi connectivity index (χ0v) is 18.1. The van der Waals surface area contributed by atoms with E-state index < -0.39 is 0 Å². The Labute approximate surface area is 175 Å². The van der Waals surface area contributed by atoms with Crippen LogP contribution in [0, 0.1) is 25.7 Å². The summed E-state index contributed by atoms with van der Waals surface area (Å²) in [4.78, 5) is 30.0. The van der Waals surface area contributed by atoms with Crippen molar-refractivity contribution in [2.75, 3.05) is 26.2 Å². The highest BCUT2D eigenvalue weighted by molar-refractivity contribution is 5.95. The molecule has 2 N–H and O–H groups in total. The average Bonchev–Trinajstić information content (AvgIpc) is 2.66. The van der Waals surface area contributed by atoms with E-state index in [1.807, 2.05) is 35.8 Å². The summed E-state index contributed by atoms with van der Waals surface area (Å²) in [6.45, 7) is 8.82. The molecule has 0 aromatic heterocycles. The zero-order valence-electron chi connectivity index (χ0n) is 17.3. The van der Waals surface area contributed by atoms with Crippen molar-refractivity contribution in [3.05, 3.63) is 34.9 Å². The van der Waals surface area contributed by atoms with E-state index in [0.717, 1.165) is 55.5 Å². The van der Waals surface area contributed by atoms with Crippen LogP contribution in [0.5, 0.6) is 0 Å². The van der Waals surface area contributed by atoms with Crippen LogP contribution in [0.4, 0.5) is 0 Å². The molecular weight excluding hydrogens is 374 g/mol. The SMILES string of the molecule is Cc1cc(C)cc(C(=O)N2CCCC(C(=O)N3CCC(C)CC3CN)C2)c1.Cl. The number of hydrogen-bond donors (Lipinski definition) is 1. The van der Waals surface area contributed by atoms with Gasteiger partial charge in [-0.15, -0.1) is 12.4 Å². The molecule has 2 heterocycles. The Kier molecular flexibility index (Phi) is 7.90. The fraction of sp³-hybridized carbons (Fsp3) is 0.636. The van der Waals surface area contributed by atoms with E-state index in [1.54, 1.807) is 0 Å². The summed E-state index contributed by atoms with van der Waals surface area (Å²) in [5.74, 6) is 0.755. The quantitative estimate of drug-likeness (QED) is 0.836. The van der Waals surface area contributed by atoms with Gasteiger partial charge in [-0.25, -0.2) is 0 Å². The minimum Gasteiger partial charge on any atom is -0.338 e. The van der Waals surface area contributed by atoms with Crippen LogP contribution >= 0.6 is 12.4 Å². The average molecular weight is 408 g/mol. The summed E-state index contributed by atoms with van der Waals surface area (Å²) < 4.78 is 0. The summed E-state index contributed by atoms with van der Waals surface area (Å²) >= 11 is 0. The van der Waals surface area contributed by atoms with Crippen molar-refractivity contribution in [1.29, 1.82) is 0 Å². The maximum atomic E-state index is 13.2. The molecule has 5 nitrogen and oxygen atoms in total. The molecule has 0 spiro atoms. The molecule has 2 fully saturated rings. The van der Waals surface area contributed by atoms with Gasteiger partial charge < -0.3 is 15.5 Å². The van der Waals surface area contributed by atoms with Gasteiger partial charge in [-0.1, -0.05) is 24.1 Å². The molecule has 2 aliphatic heterocycles. The topological polar surface area (TPSA) is 66.6 Å². The molecule has 1 aromatic rings. The van der Waals surface area contributed by atoms with Crippen molar-refractivity contribution in [2.24, 2.45) is 17.6 Å². The second kappa shape index (κ2) is 9.75. The molecule has 3 rings (SSSR count). The fourth-order valence-corrected chi connectivity index (χ4v) is 4.64. The molecule has 0 saturated carbocycles. The lowest BCUT2D eigenvalue weighted by atomic mass is 9.89. The van der Waals surface area contributed by atoms with Gasteiger partial charge in [0.1, 0.15) is 0 Å². The number of nitrogens with zero attached hydrogens (tertiary/aromatic N) is 2. The molecule has 28 heavy (non-hydrogen) atoms. The van der Waals surface area contributed by atoms with Gasteiger partial charge in [0.2, 0.25) is 5.91 Å². The predicted molar refractivity (Wildman–Crippen MR) is 115 cm³/mol. The number of piperidine rings is 2. The smallest absolute Gasteiger partial charge is 0.253 e. The van der Waals surface area contributed by atoms with Crippen molar-refractivity contribution >= 4 is 24.2 Å². The maximum Gasteiger partial charge on any atom is 0.253 e. The monoisotopic (exact) mass is 407 g/mol. The minimum atomic E-state index is -0.101. The lowest BCUT2D eigenvalue weighted by molar-refractivity contribution is -0.141. The summed E-state index contributed by atoms with van der Waals surface area (Å²) in [6, 6.07) is 6.10. The Morgan fingerprint density at radius 1 is 1.11 bits per heavy atom. The normalized spacial score (nSPS) is 25.2. The van der Waals surface area contributed by atoms with E-state index in [1.165, 1.54) is 0 Å². The molecule has 2 saturated heterocycles. The minimum absolute atomic E-state index is 0. The van der Waals surface area contributed by atoms with Crippen LogP contribution in [-0.2, 0) is 4.79 Å². The standard InChI is InChI=1S/C22H33N3O2.ClH/c1-15-6-8-25(20(12-15)13-23)22(27)18-5-4-7-24(14-18)21(26)19-10-16(2)9-17(3)11-19;/h9-11,15,18,20H,4-8,12-14,23H2,1-3H3;1H. The summed E-state index contributed by atoms with van der Waals surface area (Å²) in [7, 11) is 0. The maximum absolute atomic E-state index is 13.2. The number of nitrogens with two attached hydrogens (primary N) is 1. The van der Waals surface area contributed by atoms with Crippen molar-refractivity contribution in [3.63, 3.8) is 0 Å². The Morgan fingerprint density at radius 3 is 2.43 bits per heavy atom. The van der Waals surface area contributed by atoms with Crippen LogP contribution in [0.2, 0.25) is 0 Å². The Balaban J connectivity index is 0.00000280. The third-order valence-corrected chi connectivity index (χ3v) is 6.06. The van der Waals surface area contributed by atoms with Gasteiger partial charge in [0.25, 0.3) is 5.91 Å². The van der Waals surface area contributed by atoms with Gasteiger partial charge in [0.05, 0.1) is 5.92 Å². The van der Waals surface area contributed by atoms with Gasteiger partial charge in [0, 0.05) is 37.8 Å². The predicted octanol–water partition coefficient (Wildman–Crippen LogP) is 3.16. The second-order valence-corrected chi connectivity index (χ2v) is 8.52. The summed E-state index contributed by atoms with van der Waals surface area (Å²) in [6.07, 6.45) is 3.77. The highest BCUT2D eigenvalue weighted by Gasteiger charge is 2.36. The summed E-state index contributed by atoms with van der Waals surface area (Å²) in [5.41, 5.74) is 8.86. The number of amides is 2. The molecule has 0 aliphatic carbocycles. The van der Waals surface area contributed by atoms with Crippen LogP contribution in [0.1, 0.15) is 54.1 Å². The van der Waals surface area contributed by atoms with Gasteiger partial charge in [-0.2, -0.15) is 0 Å². The van der Waals surface area contributed by atoms with Crippen molar-refractivity contribution in [1.82, 2.24) is 9.80 Å². The molecule has 0 radical (unpaired) electrons. The number of aryl methyl sites for hydroxylation is 2. The molecular formula is C22H34ClN3O2. The van der Waals surface area contributed by atoms with E-state index in [0.29, 0.717) is 19.0 Å². The summed E-state index contributed by atoms with van der Waals surface area (Å²) in [5, 5.41) is 0. The molecule has 0 bridgehead atoms. The highest BCUT2D eigenvalue weighted by Crippen LogP contribution is 2.27. The van der Waals surface area contributed by atoms with Crippen LogP contribution in [0.15, 0.2) is 18.2 Å². The Bertz CT molecular complexity index is 689. The Hall–Kier alpha value is -1.59. The third-order valence-electron chi connectivity index (χ3n) is 6.06. The highest BCUT2D eigenvalue weighted by atomic mass is 35.5. The first-order valence-corrected chi connectivity index (χ1v) is 10.3. The number of carbonyl (C=O) groups excluding carboxylic acids is 2. The van der Waals surface area contributed by atoms with Gasteiger partial charge in [0.15, 0.2) is 0 Å². The molecule has 2 aliphatic rings. The van der Waals surface area contributed by atoms with Gasteiger partial charge >= 0.3 is 0 Å². The van der Waals surface area contributed by atoms with E-state index >= 15 is 0 Å². The number of carbonyl (C=O) groups is 2. The molecule has 156 valence electrons. The number of rotatable bonds is 3. The van der Waals surface area contributed by atoms with Crippen molar-refractivity contribution < 1.29 is 9.59 Å². The molecule has 3 atom stereocenters. The molecule has 3 unspecified atom stereocenters. The van der Waals surface area contributed by atoms with Gasteiger partial charge in [-0.05, 0) is 57.6 Å². The first kappa shape index (κ1) is 22.7. The number of benzene rings is 1. The van der Waals surface area contributed by atoms with Crippen molar-refractivity contribution in [2.45, 2.75) is 52.5 Å². The van der Waals surface area contributed by atoms with Crippen LogP contribution < -0.4 is 5.73 Å². The van der Waals surface area contributed by atoms with Crippen LogP contribution in [-0.4, -0.2) is 53.8 Å². The largest absolute Gasteiger partial charge is 0.338 e. The molecule has 1 aromatic carbocycles. The second-order valence-electron chi connectivity index (χ2n) is 8.52. The van der Waals surface area contributed by atoms with E-state index in [4.69, 9.17) is 5.73 Å². The van der Waals surface area contributed by atoms with E-state index in [9.17, 15) is 9.59 Å². The third kappa shape index (κ3) is 5.06. The zero-order chi connectivity index (χ0) is 19.6. The molecule has 6 heteroatoms. The van der Waals surface area contributed by atoms with Crippen molar-refractivity contribution in [3.8, 4) is 0 Å². The first-order chi connectivity index (χ1) is 12.9. The first-order valence-electron chi connectivity index (χ1n) is 10.3. The van der Waals surface area contributed by atoms with Gasteiger partial charge in [-0.3, -0.25) is 9.59 Å². The Morgan fingerprint density at radius 2 is 1.79 bits per heavy atom. The van der Waals surface area contributed by atoms with E-state index in [-0.39, 0.29) is 36.2 Å². The number of likely N-dealkylation sites (tertiary alicyclic amines) is 2. The molecule has 2 amide bonds. The van der Waals surface area contributed by atoms with Crippen LogP contribution in [0.3, 0.4) is 0 Å². The number of hydrogen-bond acceptors (Lipinski definition) is 3. The fourth-order valence-electron chi connectivity index (χ4n) is 4.64. The van der Waals surface area contributed by atoms with Crippen LogP contribution in [0.25, 0.3) is 0 Å². The lowest BCUT2D eigenvalue weighted by Crippen LogP contribution is -2.54. The van der Waals surface area contributed by atoms with E-state index in [2.05, 4.69) is 13.0 Å².